The number of allylic oxidation sites excluding steroid dienone is 2. The molecule has 0 unspecified atom stereocenters. The van der Waals surface area contributed by atoms with E-state index in [1.807, 2.05) is 6.08 Å². The first-order valence-corrected chi connectivity index (χ1v) is 9.13. The van der Waals surface area contributed by atoms with E-state index in [1.54, 1.807) is 29.2 Å². The molecular formula is C19H19ClN2O4. The van der Waals surface area contributed by atoms with Crippen LogP contribution in [0.1, 0.15) is 23.2 Å². The fraction of sp³-hybridized carbons (Fsp3) is 0.421. The summed E-state index contributed by atoms with van der Waals surface area (Å²) in [6.07, 6.45) is 2.74. The molecule has 1 aromatic rings. The average Bonchev–Trinajstić information content (AvgIpc) is 2.92. The van der Waals surface area contributed by atoms with Crippen LogP contribution < -0.4 is 4.90 Å². The molecule has 2 saturated heterocycles. The summed E-state index contributed by atoms with van der Waals surface area (Å²) in [5.74, 6) is -1.18. The van der Waals surface area contributed by atoms with Crippen LogP contribution in [0, 0.1) is 11.8 Å². The fourth-order valence-corrected chi connectivity index (χ4v) is 4.04. The number of amides is 3. The molecule has 2 aliphatic heterocycles. The Hall–Kier alpha value is -2.18. The van der Waals surface area contributed by atoms with E-state index >= 15 is 0 Å². The summed E-state index contributed by atoms with van der Waals surface area (Å²) in [5, 5.41) is 0.640. The van der Waals surface area contributed by atoms with Crippen molar-refractivity contribution in [2.24, 2.45) is 11.8 Å². The highest BCUT2D eigenvalue weighted by atomic mass is 35.5. The van der Waals surface area contributed by atoms with Crippen LogP contribution in [0.4, 0.5) is 5.69 Å². The zero-order valence-electron chi connectivity index (χ0n) is 14.2. The number of ether oxygens (including phenoxy) is 1. The van der Waals surface area contributed by atoms with E-state index < -0.39 is 0 Å². The molecule has 6 nitrogen and oxygen atoms in total. The zero-order valence-corrected chi connectivity index (χ0v) is 14.9. The first-order chi connectivity index (χ1) is 12.6. The SMILES string of the molecule is O=C(c1ccc(N2C(=O)[C@@H]3CC=C(Cl)C[C@H]3C2=O)cc1)N1CCOCC1. The third-order valence-corrected chi connectivity index (χ3v) is 5.55. The monoisotopic (exact) mass is 374 g/mol. The normalized spacial score (nSPS) is 26.0. The van der Waals surface area contributed by atoms with Gasteiger partial charge in [-0.05, 0) is 37.1 Å². The number of rotatable bonds is 2. The van der Waals surface area contributed by atoms with Gasteiger partial charge in [-0.15, -0.1) is 0 Å². The topological polar surface area (TPSA) is 66.9 Å². The van der Waals surface area contributed by atoms with E-state index in [0.29, 0.717) is 55.4 Å². The molecule has 0 N–H and O–H groups in total. The van der Waals surface area contributed by atoms with E-state index in [4.69, 9.17) is 16.3 Å². The Morgan fingerprint density at radius 1 is 1.04 bits per heavy atom. The zero-order chi connectivity index (χ0) is 18.3. The summed E-state index contributed by atoms with van der Waals surface area (Å²) in [6, 6.07) is 6.66. The predicted octanol–water partition coefficient (Wildman–Crippen LogP) is 2.18. The van der Waals surface area contributed by atoms with Gasteiger partial charge in [0.2, 0.25) is 11.8 Å². The standard InChI is InChI=1S/C19H19ClN2O4/c20-13-3-6-15-16(11-13)19(25)22(18(15)24)14-4-1-12(2-5-14)17(23)21-7-9-26-10-8-21/h1-5,15-16H,6-11H2/t15-,16-/m1/s1. The molecule has 1 aliphatic carbocycles. The van der Waals surface area contributed by atoms with Gasteiger partial charge in [0.25, 0.3) is 5.91 Å². The number of benzene rings is 1. The predicted molar refractivity (Wildman–Crippen MR) is 95.8 cm³/mol. The smallest absolute Gasteiger partial charge is 0.254 e. The number of hydrogen-bond acceptors (Lipinski definition) is 4. The summed E-state index contributed by atoms with van der Waals surface area (Å²) in [4.78, 5) is 40.8. The third-order valence-electron chi connectivity index (χ3n) is 5.24. The van der Waals surface area contributed by atoms with Gasteiger partial charge in [-0.3, -0.25) is 19.3 Å². The van der Waals surface area contributed by atoms with Crippen LogP contribution in [0.2, 0.25) is 0 Å². The van der Waals surface area contributed by atoms with Gasteiger partial charge in [-0.1, -0.05) is 17.7 Å². The summed E-state index contributed by atoms with van der Waals surface area (Å²) in [7, 11) is 0. The van der Waals surface area contributed by atoms with Gasteiger partial charge in [0, 0.05) is 23.7 Å². The Balaban J connectivity index is 1.53. The lowest BCUT2D eigenvalue weighted by Gasteiger charge is -2.27. The Morgan fingerprint density at radius 3 is 2.38 bits per heavy atom. The number of hydrogen-bond donors (Lipinski definition) is 0. The maximum absolute atomic E-state index is 12.7. The minimum absolute atomic E-state index is 0.0661. The van der Waals surface area contributed by atoms with Crippen molar-refractivity contribution in [1.82, 2.24) is 4.90 Å². The highest BCUT2D eigenvalue weighted by Crippen LogP contribution is 2.40. The molecule has 2 fully saturated rings. The van der Waals surface area contributed by atoms with Crippen molar-refractivity contribution in [2.75, 3.05) is 31.2 Å². The lowest BCUT2D eigenvalue weighted by molar-refractivity contribution is -0.122. The van der Waals surface area contributed by atoms with Gasteiger partial charge in [0.15, 0.2) is 0 Å². The number of anilines is 1. The van der Waals surface area contributed by atoms with Crippen LogP contribution in [-0.4, -0.2) is 48.9 Å². The van der Waals surface area contributed by atoms with Gasteiger partial charge < -0.3 is 9.64 Å². The summed E-state index contributed by atoms with van der Waals surface area (Å²) < 4.78 is 5.26. The number of carbonyl (C=O) groups excluding carboxylic acids is 3. The number of fused-ring (bicyclic) bond motifs is 1. The quantitative estimate of drug-likeness (QED) is 0.744. The van der Waals surface area contributed by atoms with Crippen LogP contribution in [0.25, 0.3) is 0 Å². The van der Waals surface area contributed by atoms with Crippen molar-refractivity contribution in [2.45, 2.75) is 12.8 Å². The lowest BCUT2D eigenvalue weighted by Crippen LogP contribution is -2.40. The minimum atomic E-state index is -0.380. The van der Waals surface area contributed by atoms with Crippen LogP contribution >= 0.6 is 11.6 Å². The molecule has 136 valence electrons. The maximum atomic E-state index is 12.7. The molecule has 0 saturated carbocycles. The van der Waals surface area contributed by atoms with Crippen LogP contribution in [0.3, 0.4) is 0 Å². The largest absolute Gasteiger partial charge is 0.378 e. The molecule has 2 heterocycles. The van der Waals surface area contributed by atoms with E-state index in [0.717, 1.165) is 0 Å². The Morgan fingerprint density at radius 2 is 1.69 bits per heavy atom. The van der Waals surface area contributed by atoms with Gasteiger partial charge in [0.05, 0.1) is 30.7 Å². The molecule has 0 spiro atoms. The van der Waals surface area contributed by atoms with Crippen molar-refractivity contribution in [1.29, 1.82) is 0 Å². The average molecular weight is 375 g/mol. The Bertz CT molecular complexity index is 783. The van der Waals surface area contributed by atoms with Gasteiger partial charge in [0.1, 0.15) is 0 Å². The lowest BCUT2D eigenvalue weighted by atomic mass is 9.85. The molecule has 0 bridgehead atoms. The minimum Gasteiger partial charge on any atom is -0.378 e. The first kappa shape index (κ1) is 17.2. The molecule has 3 amide bonds. The fourth-order valence-electron chi connectivity index (χ4n) is 3.78. The Labute approximate surface area is 156 Å². The van der Waals surface area contributed by atoms with E-state index in [2.05, 4.69) is 0 Å². The molecule has 3 aliphatic rings. The first-order valence-electron chi connectivity index (χ1n) is 8.75. The van der Waals surface area contributed by atoms with Crippen LogP contribution in [0.5, 0.6) is 0 Å². The molecule has 0 radical (unpaired) electrons. The number of nitrogens with zero attached hydrogens (tertiary/aromatic N) is 2. The van der Waals surface area contributed by atoms with Gasteiger partial charge in [-0.25, -0.2) is 0 Å². The molecule has 26 heavy (non-hydrogen) atoms. The summed E-state index contributed by atoms with van der Waals surface area (Å²) >= 11 is 6.05. The molecule has 7 heteroatoms. The van der Waals surface area contributed by atoms with Crippen LogP contribution in [-0.2, 0) is 14.3 Å². The second-order valence-electron chi connectivity index (χ2n) is 6.77. The number of carbonyl (C=O) groups is 3. The molecule has 0 aromatic heterocycles. The van der Waals surface area contributed by atoms with E-state index in [-0.39, 0.29) is 29.6 Å². The third kappa shape index (κ3) is 2.93. The van der Waals surface area contributed by atoms with Gasteiger partial charge in [-0.2, -0.15) is 0 Å². The van der Waals surface area contributed by atoms with Gasteiger partial charge >= 0.3 is 0 Å². The van der Waals surface area contributed by atoms with Crippen molar-refractivity contribution in [3.8, 4) is 0 Å². The molecule has 4 rings (SSSR count). The van der Waals surface area contributed by atoms with E-state index in [9.17, 15) is 14.4 Å². The number of imide groups is 1. The molecule has 1 aromatic carbocycles. The van der Waals surface area contributed by atoms with Crippen molar-refractivity contribution < 1.29 is 19.1 Å². The summed E-state index contributed by atoms with van der Waals surface area (Å²) in [6.45, 7) is 2.22. The molecule has 2 atom stereocenters. The van der Waals surface area contributed by atoms with E-state index in [1.165, 1.54) is 4.90 Å². The van der Waals surface area contributed by atoms with Crippen molar-refractivity contribution >= 4 is 35.0 Å². The second-order valence-corrected chi connectivity index (χ2v) is 7.25. The van der Waals surface area contributed by atoms with Crippen molar-refractivity contribution in [3.63, 3.8) is 0 Å². The summed E-state index contributed by atoms with van der Waals surface area (Å²) in [5.41, 5.74) is 1.04. The Kier molecular flexibility index (Phi) is 4.54. The number of morpholine rings is 1. The highest BCUT2D eigenvalue weighted by Gasteiger charge is 2.48. The number of halogens is 1. The molecular weight excluding hydrogens is 356 g/mol. The van der Waals surface area contributed by atoms with Crippen molar-refractivity contribution in [3.05, 3.63) is 40.9 Å². The highest BCUT2D eigenvalue weighted by molar-refractivity contribution is 6.30. The second kappa shape index (κ2) is 6.85. The maximum Gasteiger partial charge on any atom is 0.254 e. The van der Waals surface area contributed by atoms with Crippen LogP contribution in [0.15, 0.2) is 35.4 Å².